The zero-order valence-electron chi connectivity index (χ0n) is 22.7. The molecule has 0 heterocycles. The highest BCUT2D eigenvalue weighted by atomic mass is 19.1. The van der Waals surface area contributed by atoms with Gasteiger partial charge in [0.05, 0.1) is 7.11 Å². The van der Waals surface area contributed by atoms with Crippen molar-refractivity contribution >= 4 is 5.78 Å². The summed E-state index contributed by atoms with van der Waals surface area (Å²) < 4.78 is 26.5. The highest BCUT2D eigenvalue weighted by Crippen LogP contribution is 2.37. The number of hydrogen-bond donors (Lipinski definition) is 0. The molecule has 192 valence electrons. The number of ketones is 1. The van der Waals surface area contributed by atoms with Crippen molar-refractivity contribution in [3.8, 4) is 22.6 Å². The summed E-state index contributed by atoms with van der Waals surface area (Å²) in [5.74, 6) is 1.61. The van der Waals surface area contributed by atoms with Crippen molar-refractivity contribution in [2.75, 3.05) is 7.11 Å². The number of hydrogen-bond acceptors (Lipinski definition) is 3. The summed E-state index contributed by atoms with van der Waals surface area (Å²) in [6.45, 7) is 12.6. The Morgan fingerprint density at radius 1 is 1.00 bits per heavy atom. The molecule has 0 aliphatic heterocycles. The van der Waals surface area contributed by atoms with Crippen molar-refractivity contribution in [3.63, 3.8) is 0 Å². The fourth-order valence-corrected chi connectivity index (χ4v) is 4.73. The maximum Gasteiger partial charge on any atom is 0.131 e. The van der Waals surface area contributed by atoms with Gasteiger partial charge in [0.25, 0.3) is 0 Å². The Bertz CT molecular complexity index is 1210. The average Bonchev–Trinajstić information content (AvgIpc) is 2.82. The molecular formula is C32H39FO3. The van der Waals surface area contributed by atoms with Gasteiger partial charge in [-0.05, 0) is 89.8 Å². The van der Waals surface area contributed by atoms with Crippen LogP contribution in [0.25, 0.3) is 11.1 Å². The Morgan fingerprint density at radius 2 is 1.75 bits per heavy atom. The molecule has 0 radical (unpaired) electrons. The SMILES string of the molecule is CCC[C@H](CC(C)=O)c1ccc(OCc2ccc(C(C)(C)C)c(-c3cc(OC)ccc3F)c2)c(C)c1. The third-order valence-electron chi connectivity index (χ3n) is 6.59. The van der Waals surface area contributed by atoms with Gasteiger partial charge in [0.2, 0.25) is 0 Å². The summed E-state index contributed by atoms with van der Waals surface area (Å²) >= 11 is 0. The van der Waals surface area contributed by atoms with Crippen molar-refractivity contribution < 1.29 is 18.7 Å². The molecule has 36 heavy (non-hydrogen) atoms. The Kier molecular flexibility index (Phi) is 8.94. The predicted octanol–water partition coefficient (Wildman–Crippen LogP) is 8.55. The molecule has 0 saturated heterocycles. The molecule has 0 bridgehead atoms. The fourth-order valence-electron chi connectivity index (χ4n) is 4.73. The minimum Gasteiger partial charge on any atom is -0.497 e. The van der Waals surface area contributed by atoms with E-state index in [4.69, 9.17) is 9.47 Å². The molecule has 3 aromatic rings. The van der Waals surface area contributed by atoms with Crippen LogP contribution in [0.5, 0.6) is 11.5 Å². The van der Waals surface area contributed by atoms with E-state index in [1.165, 1.54) is 11.6 Å². The number of carbonyl (C=O) groups is 1. The molecule has 3 rings (SSSR count). The number of ether oxygens (including phenoxy) is 2. The van der Waals surface area contributed by atoms with E-state index in [1.807, 2.05) is 19.1 Å². The van der Waals surface area contributed by atoms with Crippen molar-refractivity contribution in [1.82, 2.24) is 0 Å². The van der Waals surface area contributed by atoms with Gasteiger partial charge >= 0.3 is 0 Å². The molecule has 0 saturated carbocycles. The summed E-state index contributed by atoms with van der Waals surface area (Å²) in [7, 11) is 1.59. The van der Waals surface area contributed by atoms with Crippen molar-refractivity contribution in [1.29, 1.82) is 0 Å². The molecule has 4 heteroatoms. The summed E-state index contributed by atoms with van der Waals surface area (Å²) in [5.41, 5.74) is 5.46. The molecule has 1 atom stereocenters. The van der Waals surface area contributed by atoms with Gasteiger partial charge in [-0.25, -0.2) is 4.39 Å². The monoisotopic (exact) mass is 490 g/mol. The van der Waals surface area contributed by atoms with Crippen LogP contribution in [0.1, 0.15) is 82.1 Å². The van der Waals surface area contributed by atoms with Crippen LogP contribution in [0.15, 0.2) is 54.6 Å². The Hall–Kier alpha value is -3.14. The van der Waals surface area contributed by atoms with Crippen LogP contribution >= 0.6 is 0 Å². The molecule has 0 N–H and O–H groups in total. The van der Waals surface area contributed by atoms with E-state index >= 15 is 0 Å². The quantitative estimate of drug-likeness (QED) is 0.286. The van der Waals surface area contributed by atoms with Crippen LogP contribution in [0, 0.1) is 12.7 Å². The lowest BCUT2D eigenvalue weighted by Crippen LogP contribution is -2.13. The largest absolute Gasteiger partial charge is 0.497 e. The van der Waals surface area contributed by atoms with Gasteiger partial charge in [-0.2, -0.15) is 0 Å². The third-order valence-corrected chi connectivity index (χ3v) is 6.59. The number of Topliss-reactive ketones (excluding diaryl/α,β-unsaturated/α-hetero) is 1. The minimum absolute atomic E-state index is 0.161. The van der Waals surface area contributed by atoms with Crippen molar-refractivity contribution in [2.45, 2.75) is 78.7 Å². The van der Waals surface area contributed by atoms with Crippen molar-refractivity contribution in [2.24, 2.45) is 0 Å². The zero-order valence-corrected chi connectivity index (χ0v) is 22.7. The highest BCUT2D eigenvalue weighted by molar-refractivity contribution is 5.76. The van der Waals surface area contributed by atoms with Crippen LogP contribution in [-0.4, -0.2) is 12.9 Å². The van der Waals surface area contributed by atoms with Crippen molar-refractivity contribution in [3.05, 3.63) is 82.7 Å². The molecule has 3 nitrogen and oxygen atoms in total. The van der Waals surface area contributed by atoms with Gasteiger partial charge in [-0.3, -0.25) is 0 Å². The predicted molar refractivity (Wildman–Crippen MR) is 146 cm³/mol. The second-order valence-corrected chi connectivity index (χ2v) is 10.7. The number of halogens is 1. The molecule has 0 fully saturated rings. The molecular weight excluding hydrogens is 451 g/mol. The molecule has 3 aromatic carbocycles. The fraction of sp³-hybridized carbons (Fsp3) is 0.406. The molecule has 0 aromatic heterocycles. The summed E-state index contributed by atoms with van der Waals surface area (Å²) in [6.07, 6.45) is 2.59. The summed E-state index contributed by atoms with van der Waals surface area (Å²) in [6, 6.07) is 17.2. The zero-order chi connectivity index (χ0) is 26.5. The smallest absolute Gasteiger partial charge is 0.131 e. The summed E-state index contributed by atoms with van der Waals surface area (Å²) in [4.78, 5) is 11.7. The van der Waals surface area contributed by atoms with Gasteiger partial charge in [-0.1, -0.05) is 58.4 Å². The first kappa shape index (κ1) is 27.4. The first-order valence-electron chi connectivity index (χ1n) is 12.7. The first-order valence-corrected chi connectivity index (χ1v) is 12.7. The number of aryl methyl sites for hydroxylation is 1. The molecule has 0 spiro atoms. The lowest BCUT2D eigenvalue weighted by molar-refractivity contribution is -0.117. The Balaban J connectivity index is 1.89. The number of benzene rings is 3. The van der Waals surface area contributed by atoms with E-state index in [-0.39, 0.29) is 22.9 Å². The first-order chi connectivity index (χ1) is 17.0. The topological polar surface area (TPSA) is 35.5 Å². The van der Waals surface area contributed by atoms with Crippen LogP contribution in [0.4, 0.5) is 4.39 Å². The molecule has 0 amide bonds. The van der Waals surface area contributed by atoms with E-state index in [0.717, 1.165) is 40.8 Å². The number of rotatable bonds is 10. The van der Waals surface area contributed by atoms with Gasteiger partial charge in [0.15, 0.2) is 0 Å². The van der Waals surface area contributed by atoms with E-state index in [9.17, 15) is 9.18 Å². The number of methoxy groups -OCH3 is 1. The normalized spacial score (nSPS) is 12.3. The van der Waals surface area contributed by atoms with Gasteiger partial charge in [0, 0.05) is 12.0 Å². The molecule has 0 aliphatic carbocycles. The average molecular weight is 491 g/mol. The van der Waals surface area contributed by atoms with E-state index in [1.54, 1.807) is 26.2 Å². The number of carbonyl (C=O) groups excluding carboxylic acids is 1. The lowest BCUT2D eigenvalue weighted by Gasteiger charge is -2.24. The highest BCUT2D eigenvalue weighted by Gasteiger charge is 2.22. The van der Waals surface area contributed by atoms with Crippen LogP contribution in [0.3, 0.4) is 0 Å². The maximum atomic E-state index is 14.9. The second kappa shape index (κ2) is 11.7. The van der Waals surface area contributed by atoms with Gasteiger partial charge in [0.1, 0.15) is 29.7 Å². The van der Waals surface area contributed by atoms with Crippen LogP contribution < -0.4 is 9.47 Å². The summed E-state index contributed by atoms with van der Waals surface area (Å²) in [5, 5.41) is 0. The van der Waals surface area contributed by atoms with Crippen LogP contribution in [-0.2, 0) is 16.8 Å². The lowest BCUT2D eigenvalue weighted by atomic mass is 9.81. The van der Waals surface area contributed by atoms with Crippen LogP contribution in [0.2, 0.25) is 0 Å². The third kappa shape index (κ3) is 6.75. The Morgan fingerprint density at radius 3 is 2.36 bits per heavy atom. The van der Waals surface area contributed by atoms with E-state index in [2.05, 4.69) is 52.0 Å². The van der Waals surface area contributed by atoms with Gasteiger partial charge in [-0.15, -0.1) is 0 Å². The van der Waals surface area contributed by atoms with Gasteiger partial charge < -0.3 is 14.3 Å². The maximum absolute atomic E-state index is 14.9. The molecule has 0 aliphatic rings. The standard InChI is InChI=1S/C32H39FO3/c1-8-9-24(17-22(3)34)25-11-15-31(21(2)16-25)36-20-23-10-13-29(32(4,5)6)27(18-23)28-19-26(35-7)12-14-30(28)33/h10-16,18-19,24H,8-9,17,20H2,1-7H3/t24-/m1/s1. The second-order valence-electron chi connectivity index (χ2n) is 10.7. The van der Waals surface area contributed by atoms with E-state index in [0.29, 0.717) is 24.3 Å². The Labute approximate surface area is 215 Å². The molecule has 0 unspecified atom stereocenters. The van der Waals surface area contributed by atoms with E-state index < -0.39 is 0 Å². The minimum atomic E-state index is -0.280.